The van der Waals surface area contributed by atoms with Gasteiger partial charge in [-0.15, -0.1) is 0 Å². The van der Waals surface area contributed by atoms with E-state index in [-0.39, 0.29) is 17.7 Å². The number of rotatable bonds is 2. The van der Waals surface area contributed by atoms with Crippen molar-refractivity contribution in [2.45, 2.75) is 136 Å². The minimum atomic E-state index is -0.765. The van der Waals surface area contributed by atoms with E-state index in [1.54, 1.807) is 34.6 Å². The first-order valence-electron chi connectivity index (χ1n) is 13.1. The molecule has 0 aromatic carbocycles. The van der Waals surface area contributed by atoms with E-state index in [1.165, 1.54) is 0 Å². The number of cyclic esters (lactones) is 2. The minimum absolute atomic E-state index is 0.200. The molecule has 2 heterocycles. The summed E-state index contributed by atoms with van der Waals surface area (Å²) >= 11 is 0. The number of ketones is 1. The standard InChI is InChI=1S/C12H18O4.C8H14O3.C8H14O2/c1-8(2)11(14)15-9-6-5-7-10(13)16-12(9,3)4;1-8(2)6(9)4-3-5-7(10)11-8;1-8(2)6(9)4-3-5-7(8)10/h9H,1,5-7H2,2-4H3;6,9H,3-5H2,1-2H3;6,9H,3-5H2,1-2H3. The molecule has 37 heavy (non-hydrogen) atoms. The van der Waals surface area contributed by atoms with Crippen molar-refractivity contribution in [3.05, 3.63) is 12.2 Å². The van der Waals surface area contributed by atoms with Crippen molar-refractivity contribution in [2.75, 3.05) is 0 Å². The summed E-state index contributed by atoms with van der Waals surface area (Å²) in [6.45, 7) is 15.7. The molecule has 3 aliphatic rings. The molecule has 9 nitrogen and oxygen atoms in total. The van der Waals surface area contributed by atoms with E-state index in [0.29, 0.717) is 44.1 Å². The number of aliphatic hydroxyl groups is 2. The summed E-state index contributed by atoms with van der Waals surface area (Å²) in [5.74, 6) is -0.673. The summed E-state index contributed by atoms with van der Waals surface area (Å²) < 4.78 is 15.5. The van der Waals surface area contributed by atoms with E-state index < -0.39 is 40.9 Å². The van der Waals surface area contributed by atoms with E-state index in [4.69, 9.17) is 14.2 Å². The molecular weight excluding hydrogens is 480 g/mol. The van der Waals surface area contributed by atoms with Crippen LogP contribution in [0.25, 0.3) is 0 Å². The fraction of sp³-hybridized carbons (Fsp3) is 0.786. The SMILES string of the molecule is C=C(C)C(=O)OC1CCCC(=O)OC1(C)C.CC1(C)C(=O)CCCC1O.CC1(C)OC(=O)CCCC1O. The van der Waals surface area contributed by atoms with Crippen LogP contribution in [0.4, 0.5) is 0 Å². The molecule has 1 aliphatic carbocycles. The largest absolute Gasteiger partial charge is 0.457 e. The summed E-state index contributed by atoms with van der Waals surface area (Å²) in [7, 11) is 0. The molecule has 2 aliphatic heterocycles. The van der Waals surface area contributed by atoms with Crippen molar-refractivity contribution < 1.29 is 43.6 Å². The maximum Gasteiger partial charge on any atom is 0.333 e. The van der Waals surface area contributed by atoms with E-state index in [2.05, 4.69) is 6.58 Å². The molecule has 3 rings (SSSR count). The fourth-order valence-electron chi connectivity index (χ4n) is 4.14. The van der Waals surface area contributed by atoms with Gasteiger partial charge in [0.25, 0.3) is 0 Å². The highest BCUT2D eigenvalue weighted by Gasteiger charge is 2.39. The molecule has 0 radical (unpaired) electrons. The highest BCUT2D eigenvalue weighted by atomic mass is 16.6. The monoisotopic (exact) mass is 526 g/mol. The first-order chi connectivity index (χ1) is 16.9. The Morgan fingerprint density at radius 1 is 0.811 bits per heavy atom. The Morgan fingerprint density at radius 3 is 1.76 bits per heavy atom. The predicted octanol–water partition coefficient (Wildman–Crippen LogP) is 3.96. The van der Waals surface area contributed by atoms with E-state index in [1.807, 2.05) is 13.8 Å². The van der Waals surface area contributed by atoms with Gasteiger partial charge in [-0.05, 0) is 73.1 Å². The zero-order valence-electron chi connectivity index (χ0n) is 23.6. The van der Waals surface area contributed by atoms with Crippen molar-refractivity contribution in [2.24, 2.45) is 5.41 Å². The average molecular weight is 527 g/mol. The van der Waals surface area contributed by atoms with Crippen LogP contribution in [0.1, 0.15) is 106 Å². The zero-order chi connectivity index (χ0) is 28.6. The van der Waals surface area contributed by atoms with Gasteiger partial charge >= 0.3 is 17.9 Å². The van der Waals surface area contributed by atoms with Crippen molar-refractivity contribution in [3.63, 3.8) is 0 Å². The number of hydrogen-bond donors (Lipinski definition) is 2. The van der Waals surface area contributed by atoms with Crippen LogP contribution < -0.4 is 0 Å². The van der Waals surface area contributed by atoms with Gasteiger partial charge in [-0.1, -0.05) is 20.4 Å². The van der Waals surface area contributed by atoms with Crippen LogP contribution in [0, 0.1) is 5.41 Å². The lowest BCUT2D eigenvalue weighted by Gasteiger charge is -2.33. The number of esters is 3. The summed E-state index contributed by atoms with van der Waals surface area (Å²) in [5.41, 5.74) is -1.60. The van der Waals surface area contributed by atoms with Crippen LogP contribution in [0.3, 0.4) is 0 Å². The van der Waals surface area contributed by atoms with E-state index in [0.717, 1.165) is 19.3 Å². The van der Waals surface area contributed by atoms with Gasteiger partial charge in [-0.3, -0.25) is 14.4 Å². The molecule has 0 bridgehead atoms. The molecule has 3 fully saturated rings. The molecule has 0 aromatic heterocycles. The molecule has 3 unspecified atom stereocenters. The van der Waals surface area contributed by atoms with Crippen LogP contribution in [-0.2, 0) is 33.4 Å². The first-order valence-corrected chi connectivity index (χ1v) is 13.1. The lowest BCUT2D eigenvalue weighted by Crippen LogP contribution is -2.42. The molecule has 3 atom stereocenters. The number of ether oxygens (including phenoxy) is 3. The van der Waals surface area contributed by atoms with Gasteiger partial charge in [0.05, 0.1) is 12.2 Å². The number of aliphatic hydroxyl groups excluding tert-OH is 2. The Bertz CT molecular complexity index is 841. The molecule has 9 heteroatoms. The van der Waals surface area contributed by atoms with Gasteiger partial charge in [-0.25, -0.2) is 4.79 Å². The molecule has 2 N–H and O–H groups in total. The Kier molecular flexibility index (Phi) is 12.0. The van der Waals surface area contributed by atoms with E-state index in [9.17, 15) is 29.4 Å². The average Bonchev–Trinajstić information content (AvgIpc) is 2.96. The Morgan fingerprint density at radius 2 is 1.27 bits per heavy atom. The second-order valence-corrected chi connectivity index (χ2v) is 11.7. The molecule has 2 saturated heterocycles. The van der Waals surface area contributed by atoms with Crippen molar-refractivity contribution in [3.8, 4) is 0 Å². The topological polar surface area (TPSA) is 136 Å². The first kappa shape index (κ1) is 32.8. The Labute approximate surface area is 220 Å². The number of carbonyl (C=O) groups is 4. The summed E-state index contributed by atoms with van der Waals surface area (Å²) in [5, 5.41) is 18.8. The molecule has 1 saturated carbocycles. The summed E-state index contributed by atoms with van der Waals surface area (Å²) in [4.78, 5) is 44.8. The van der Waals surface area contributed by atoms with Gasteiger partial charge in [0.15, 0.2) is 0 Å². The third-order valence-electron chi connectivity index (χ3n) is 7.07. The van der Waals surface area contributed by atoms with Crippen LogP contribution in [0.2, 0.25) is 0 Å². The van der Waals surface area contributed by atoms with Gasteiger partial charge in [0.2, 0.25) is 0 Å². The van der Waals surface area contributed by atoms with Gasteiger partial charge in [-0.2, -0.15) is 0 Å². The molecule has 0 amide bonds. The summed E-state index contributed by atoms with van der Waals surface area (Å²) in [6.07, 6.45) is 4.43. The van der Waals surface area contributed by atoms with Gasteiger partial charge in [0.1, 0.15) is 23.1 Å². The molecular formula is C28H46O9. The molecule has 0 spiro atoms. The smallest absolute Gasteiger partial charge is 0.333 e. The molecule has 0 aromatic rings. The van der Waals surface area contributed by atoms with Crippen molar-refractivity contribution >= 4 is 23.7 Å². The maximum atomic E-state index is 11.4. The molecule has 212 valence electrons. The normalized spacial score (nSPS) is 28.4. The van der Waals surface area contributed by atoms with Crippen LogP contribution >= 0.6 is 0 Å². The van der Waals surface area contributed by atoms with Crippen molar-refractivity contribution in [1.82, 2.24) is 0 Å². The van der Waals surface area contributed by atoms with E-state index >= 15 is 0 Å². The van der Waals surface area contributed by atoms with Crippen LogP contribution in [0.5, 0.6) is 0 Å². The number of hydrogen-bond acceptors (Lipinski definition) is 9. The Hall–Kier alpha value is -2.26. The lowest BCUT2D eigenvalue weighted by atomic mass is 9.74. The van der Waals surface area contributed by atoms with Gasteiger partial charge < -0.3 is 24.4 Å². The number of carbonyl (C=O) groups excluding carboxylic acids is 4. The zero-order valence-corrected chi connectivity index (χ0v) is 23.6. The van der Waals surface area contributed by atoms with Gasteiger partial charge in [0, 0.05) is 30.3 Å². The Balaban J connectivity index is 0.000000288. The lowest BCUT2D eigenvalue weighted by molar-refractivity contribution is -0.175. The highest BCUT2D eigenvalue weighted by molar-refractivity contribution is 5.87. The fourth-order valence-corrected chi connectivity index (χ4v) is 4.14. The second-order valence-electron chi connectivity index (χ2n) is 11.7. The third kappa shape index (κ3) is 10.2. The predicted molar refractivity (Wildman–Crippen MR) is 137 cm³/mol. The maximum absolute atomic E-state index is 11.4. The minimum Gasteiger partial charge on any atom is -0.457 e. The second kappa shape index (κ2) is 13.5. The van der Waals surface area contributed by atoms with Crippen LogP contribution in [0.15, 0.2) is 12.2 Å². The quantitative estimate of drug-likeness (QED) is 0.311. The highest BCUT2D eigenvalue weighted by Crippen LogP contribution is 2.32. The number of Topliss-reactive ketones (excluding diaryl/α,β-unsaturated/α-hetero) is 1. The summed E-state index contributed by atoms with van der Waals surface area (Å²) in [6, 6.07) is 0. The third-order valence-corrected chi connectivity index (χ3v) is 7.07. The van der Waals surface area contributed by atoms with Crippen LogP contribution in [-0.4, -0.2) is 63.4 Å². The van der Waals surface area contributed by atoms with Crippen molar-refractivity contribution in [1.29, 1.82) is 0 Å².